The predicted octanol–water partition coefficient (Wildman–Crippen LogP) is 6.56. The molecule has 0 amide bonds. The van der Waals surface area contributed by atoms with Crippen LogP contribution in [0.15, 0.2) is 48.5 Å². The van der Waals surface area contributed by atoms with Gasteiger partial charge in [0.2, 0.25) is 0 Å². The minimum absolute atomic E-state index is 0. The molecule has 0 bridgehead atoms. The van der Waals surface area contributed by atoms with Crippen LogP contribution in [0.3, 0.4) is 0 Å². The number of hydrogen-bond acceptors (Lipinski definition) is 0. The Morgan fingerprint density at radius 1 is 0.750 bits per heavy atom. The lowest BCUT2D eigenvalue weighted by Gasteiger charge is -1.93. The molecule has 0 aromatic heterocycles. The van der Waals surface area contributed by atoms with Gasteiger partial charge < -0.3 is 0 Å². The molecule has 0 aliphatic carbocycles. The number of rotatable bonds is 2. The fourth-order valence-corrected chi connectivity index (χ4v) is 1.57. The second-order valence-corrected chi connectivity index (χ2v) is 4.40. The standard InChI is InChI=1S/C8H9Cl.C8H9F.2CH4/c2*1-2-7-3-5-8(9)6-4-7;;/h2*3-6H,2H2,1H3;2*1H4. The molecule has 0 saturated heterocycles. The summed E-state index contributed by atoms with van der Waals surface area (Å²) < 4.78 is 12.2. The molecule has 2 rings (SSSR count). The van der Waals surface area contributed by atoms with E-state index in [1.54, 1.807) is 12.1 Å². The third-order valence-electron chi connectivity index (χ3n) is 2.64. The lowest BCUT2D eigenvalue weighted by Crippen LogP contribution is -1.78. The first-order valence-corrected chi connectivity index (χ1v) is 6.52. The summed E-state index contributed by atoms with van der Waals surface area (Å²) in [5.74, 6) is -0.160. The summed E-state index contributed by atoms with van der Waals surface area (Å²) >= 11 is 5.67. The van der Waals surface area contributed by atoms with Gasteiger partial charge in [-0.05, 0) is 48.2 Å². The summed E-state index contributed by atoms with van der Waals surface area (Å²) in [5.41, 5.74) is 2.51. The van der Waals surface area contributed by atoms with Gasteiger partial charge in [-0.15, -0.1) is 0 Å². The lowest BCUT2D eigenvalue weighted by atomic mass is 10.2. The molecule has 112 valence electrons. The van der Waals surface area contributed by atoms with Crippen LogP contribution in [0.25, 0.3) is 0 Å². The fourth-order valence-electron chi connectivity index (χ4n) is 1.44. The summed E-state index contributed by atoms with van der Waals surface area (Å²) in [6, 6.07) is 14.5. The van der Waals surface area contributed by atoms with Crippen molar-refractivity contribution in [2.24, 2.45) is 0 Å². The maximum atomic E-state index is 12.2. The smallest absolute Gasteiger partial charge is 0.123 e. The molecule has 0 saturated carbocycles. The average Bonchev–Trinajstić information content (AvgIpc) is 2.41. The minimum atomic E-state index is -0.160. The van der Waals surface area contributed by atoms with Crippen LogP contribution in [0.5, 0.6) is 0 Å². The predicted molar refractivity (Wildman–Crippen MR) is 90.1 cm³/mol. The quantitative estimate of drug-likeness (QED) is 0.588. The van der Waals surface area contributed by atoms with Crippen molar-refractivity contribution in [3.63, 3.8) is 0 Å². The van der Waals surface area contributed by atoms with E-state index in [0.29, 0.717) is 0 Å². The van der Waals surface area contributed by atoms with Crippen LogP contribution >= 0.6 is 11.6 Å². The number of halogens is 2. The molecule has 0 aliphatic heterocycles. The SMILES string of the molecule is C.C.CCc1ccc(Cl)cc1.CCc1ccc(F)cc1. The van der Waals surface area contributed by atoms with Gasteiger partial charge in [-0.25, -0.2) is 4.39 Å². The van der Waals surface area contributed by atoms with E-state index in [9.17, 15) is 4.39 Å². The second-order valence-electron chi connectivity index (χ2n) is 3.96. The Bertz CT molecular complexity index is 400. The van der Waals surface area contributed by atoms with Gasteiger partial charge in [-0.2, -0.15) is 0 Å². The van der Waals surface area contributed by atoms with Gasteiger partial charge in [0.15, 0.2) is 0 Å². The maximum Gasteiger partial charge on any atom is 0.123 e. The Hall–Kier alpha value is -1.34. The van der Waals surface area contributed by atoms with E-state index in [4.69, 9.17) is 11.6 Å². The molecular weight excluding hydrogens is 271 g/mol. The highest BCUT2D eigenvalue weighted by atomic mass is 35.5. The molecule has 20 heavy (non-hydrogen) atoms. The number of aryl methyl sites for hydroxylation is 2. The van der Waals surface area contributed by atoms with Crippen molar-refractivity contribution < 1.29 is 4.39 Å². The Morgan fingerprint density at radius 2 is 1.10 bits per heavy atom. The van der Waals surface area contributed by atoms with Gasteiger partial charge in [0.25, 0.3) is 0 Å². The van der Waals surface area contributed by atoms with Crippen molar-refractivity contribution >= 4 is 11.6 Å². The molecule has 0 atom stereocenters. The molecule has 0 fully saturated rings. The summed E-state index contributed by atoms with van der Waals surface area (Å²) in [6.45, 7) is 4.18. The van der Waals surface area contributed by atoms with E-state index in [0.717, 1.165) is 17.9 Å². The zero-order valence-electron chi connectivity index (χ0n) is 10.8. The third-order valence-corrected chi connectivity index (χ3v) is 2.89. The summed E-state index contributed by atoms with van der Waals surface area (Å²) in [6.07, 6.45) is 2.05. The van der Waals surface area contributed by atoms with Crippen molar-refractivity contribution in [1.29, 1.82) is 0 Å². The molecule has 2 aromatic carbocycles. The summed E-state index contributed by atoms with van der Waals surface area (Å²) in [7, 11) is 0. The molecule has 0 radical (unpaired) electrons. The average molecular weight is 297 g/mol. The van der Waals surface area contributed by atoms with Crippen molar-refractivity contribution in [1.82, 2.24) is 0 Å². The first-order valence-electron chi connectivity index (χ1n) is 6.14. The molecule has 0 aliphatic rings. The number of benzene rings is 2. The largest absolute Gasteiger partial charge is 0.207 e. The third kappa shape index (κ3) is 7.96. The van der Waals surface area contributed by atoms with Crippen LogP contribution in [0.4, 0.5) is 4.39 Å². The maximum absolute atomic E-state index is 12.2. The highest BCUT2D eigenvalue weighted by molar-refractivity contribution is 6.30. The molecule has 2 aromatic rings. The fraction of sp³-hybridized carbons (Fsp3) is 0.333. The Labute approximate surface area is 128 Å². The van der Waals surface area contributed by atoms with Crippen LogP contribution in [-0.2, 0) is 12.8 Å². The Balaban J connectivity index is 0. The van der Waals surface area contributed by atoms with Crippen LogP contribution < -0.4 is 0 Å². The normalized spacial score (nSPS) is 8.60. The molecule has 2 heteroatoms. The van der Waals surface area contributed by atoms with Gasteiger partial charge >= 0.3 is 0 Å². The first-order chi connectivity index (χ1) is 8.65. The van der Waals surface area contributed by atoms with Crippen molar-refractivity contribution in [2.45, 2.75) is 41.5 Å². The second kappa shape index (κ2) is 11.5. The van der Waals surface area contributed by atoms with Crippen molar-refractivity contribution in [3.8, 4) is 0 Å². The highest BCUT2D eigenvalue weighted by Crippen LogP contribution is 2.09. The van der Waals surface area contributed by atoms with Gasteiger partial charge in [-0.1, -0.05) is 64.6 Å². The Morgan fingerprint density at radius 3 is 1.45 bits per heavy atom. The minimum Gasteiger partial charge on any atom is -0.207 e. The van der Waals surface area contributed by atoms with Gasteiger partial charge in [-0.3, -0.25) is 0 Å². The summed E-state index contributed by atoms with van der Waals surface area (Å²) in [5, 5.41) is 0.812. The van der Waals surface area contributed by atoms with Gasteiger partial charge in [0, 0.05) is 5.02 Å². The van der Waals surface area contributed by atoms with Crippen LogP contribution in [0.2, 0.25) is 5.02 Å². The van der Waals surface area contributed by atoms with Crippen LogP contribution in [-0.4, -0.2) is 0 Å². The Kier molecular flexibility index (Phi) is 12.0. The highest BCUT2D eigenvalue weighted by Gasteiger charge is 1.88. The van der Waals surface area contributed by atoms with E-state index in [-0.39, 0.29) is 20.7 Å². The van der Waals surface area contributed by atoms with E-state index >= 15 is 0 Å². The van der Waals surface area contributed by atoms with E-state index in [1.807, 2.05) is 31.2 Å². The monoisotopic (exact) mass is 296 g/mol. The topological polar surface area (TPSA) is 0 Å². The lowest BCUT2D eigenvalue weighted by molar-refractivity contribution is 0.627. The number of hydrogen-bond donors (Lipinski definition) is 0. The molecular formula is C18H26ClF. The zero-order chi connectivity index (χ0) is 13.4. The molecule has 0 heterocycles. The first kappa shape index (κ1) is 21.0. The van der Waals surface area contributed by atoms with Gasteiger partial charge in [0.05, 0.1) is 0 Å². The van der Waals surface area contributed by atoms with Gasteiger partial charge in [0.1, 0.15) is 5.82 Å². The summed E-state index contributed by atoms with van der Waals surface area (Å²) in [4.78, 5) is 0. The van der Waals surface area contributed by atoms with E-state index < -0.39 is 0 Å². The molecule has 0 unspecified atom stereocenters. The molecule has 0 N–H and O–H groups in total. The van der Waals surface area contributed by atoms with Crippen molar-refractivity contribution in [3.05, 3.63) is 70.5 Å². The van der Waals surface area contributed by atoms with Crippen LogP contribution in [0, 0.1) is 5.82 Å². The molecule has 0 nitrogen and oxygen atoms in total. The van der Waals surface area contributed by atoms with E-state index in [2.05, 4.69) is 6.92 Å². The van der Waals surface area contributed by atoms with Crippen LogP contribution in [0.1, 0.15) is 39.8 Å². The van der Waals surface area contributed by atoms with Crippen molar-refractivity contribution in [2.75, 3.05) is 0 Å². The molecule has 0 spiro atoms. The zero-order valence-corrected chi connectivity index (χ0v) is 11.5. The van der Waals surface area contributed by atoms with E-state index in [1.165, 1.54) is 23.3 Å².